The number of nitrogens with one attached hydrogen (secondary N) is 1. The van der Waals surface area contributed by atoms with Crippen molar-refractivity contribution in [3.8, 4) is 17.2 Å². The van der Waals surface area contributed by atoms with Crippen LogP contribution < -0.4 is 19.6 Å². The second-order valence-corrected chi connectivity index (χ2v) is 6.89. The van der Waals surface area contributed by atoms with Crippen LogP contribution in [-0.4, -0.2) is 55.6 Å². The maximum Gasteiger partial charge on any atom is 0.335 e. The van der Waals surface area contributed by atoms with Gasteiger partial charge in [0, 0.05) is 25.6 Å². The zero-order valence-electron chi connectivity index (χ0n) is 17.7. The average Bonchev–Trinajstić information content (AvgIpc) is 3.25. The molecule has 1 heterocycles. The normalized spacial score (nSPS) is 12.1. The van der Waals surface area contributed by atoms with Gasteiger partial charge in [0.25, 0.3) is 0 Å². The van der Waals surface area contributed by atoms with Gasteiger partial charge in [-0.1, -0.05) is 6.92 Å². The van der Waals surface area contributed by atoms with E-state index in [0.29, 0.717) is 47.9 Å². The van der Waals surface area contributed by atoms with Gasteiger partial charge in [-0.15, -0.1) is 0 Å². The highest BCUT2D eigenvalue weighted by atomic mass is 16.7. The topological polar surface area (TPSA) is 110 Å². The van der Waals surface area contributed by atoms with Gasteiger partial charge in [-0.05, 0) is 42.3 Å². The third-order valence-electron chi connectivity index (χ3n) is 4.91. The van der Waals surface area contributed by atoms with Crippen molar-refractivity contribution < 1.29 is 28.9 Å². The number of carboxylic acids is 1. The zero-order valence-corrected chi connectivity index (χ0v) is 17.7. The van der Waals surface area contributed by atoms with Crippen LogP contribution in [0.15, 0.2) is 35.4 Å². The molecule has 0 aromatic heterocycles. The Balaban J connectivity index is 1.85. The Bertz CT molecular complexity index is 988. The van der Waals surface area contributed by atoms with Gasteiger partial charge in [0.05, 0.1) is 24.6 Å². The fourth-order valence-corrected chi connectivity index (χ4v) is 3.17. The van der Waals surface area contributed by atoms with E-state index in [9.17, 15) is 9.59 Å². The lowest BCUT2D eigenvalue weighted by Crippen LogP contribution is -2.28. The summed E-state index contributed by atoms with van der Waals surface area (Å²) >= 11 is 0. The molecule has 0 atom stereocenters. The van der Waals surface area contributed by atoms with E-state index in [1.165, 1.54) is 12.1 Å². The van der Waals surface area contributed by atoms with Crippen molar-refractivity contribution in [2.75, 3.05) is 32.9 Å². The first kappa shape index (κ1) is 21.9. The molecule has 0 saturated carbocycles. The summed E-state index contributed by atoms with van der Waals surface area (Å²) in [5.41, 5.74) is 5.31. The molecule has 1 aliphatic heterocycles. The van der Waals surface area contributed by atoms with E-state index in [1.54, 1.807) is 37.4 Å². The standard InChI is InChI=1S/C22H25N3O6/c1-4-19(26)25(2)10-9-15-11-18-21(31-13-30-18)20(29-3)17(15)12-23-24-16-7-5-14(6-8-16)22(27)28/h5-8,11-12,24H,4,9-10,13H2,1-3H3,(H,27,28)/b23-12+. The molecule has 31 heavy (non-hydrogen) atoms. The second-order valence-electron chi connectivity index (χ2n) is 6.89. The van der Waals surface area contributed by atoms with Crippen LogP contribution in [0.3, 0.4) is 0 Å². The van der Waals surface area contributed by atoms with Crippen LogP contribution in [0.25, 0.3) is 0 Å². The molecule has 0 bridgehead atoms. The van der Waals surface area contributed by atoms with E-state index in [4.69, 9.17) is 19.3 Å². The molecule has 2 aromatic carbocycles. The largest absolute Gasteiger partial charge is 0.492 e. The number of nitrogens with zero attached hydrogens (tertiary/aromatic N) is 2. The number of carbonyl (C=O) groups is 2. The molecule has 0 aliphatic carbocycles. The molecule has 9 heteroatoms. The first-order chi connectivity index (χ1) is 14.9. The Morgan fingerprint density at radius 1 is 1.29 bits per heavy atom. The SMILES string of the molecule is CCC(=O)N(C)CCc1cc2c(c(OC)c1/C=N/Nc1ccc(C(=O)O)cc1)OCO2. The molecule has 0 unspecified atom stereocenters. The van der Waals surface area contributed by atoms with Crippen LogP contribution in [0, 0.1) is 0 Å². The fraction of sp³-hybridized carbons (Fsp3) is 0.318. The number of hydrazone groups is 1. The van der Waals surface area contributed by atoms with Gasteiger partial charge in [-0.3, -0.25) is 10.2 Å². The maximum absolute atomic E-state index is 11.9. The van der Waals surface area contributed by atoms with Crippen LogP contribution in [0.1, 0.15) is 34.8 Å². The molecule has 3 rings (SSSR count). The van der Waals surface area contributed by atoms with Crippen LogP contribution in [0.4, 0.5) is 5.69 Å². The van der Waals surface area contributed by atoms with Crippen LogP contribution in [-0.2, 0) is 11.2 Å². The Hall–Kier alpha value is -3.75. The predicted octanol–water partition coefficient (Wildman–Crippen LogP) is 2.98. The van der Waals surface area contributed by atoms with E-state index in [-0.39, 0.29) is 18.3 Å². The number of carboxylic acid groups (broad SMARTS) is 1. The summed E-state index contributed by atoms with van der Waals surface area (Å²) in [5.74, 6) is 0.675. The van der Waals surface area contributed by atoms with Crippen LogP contribution in [0.5, 0.6) is 17.2 Å². The van der Waals surface area contributed by atoms with Gasteiger partial charge in [0.1, 0.15) is 0 Å². The summed E-state index contributed by atoms with van der Waals surface area (Å²) in [5, 5.41) is 13.3. The molecular formula is C22H25N3O6. The number of ether oxygens (including phenoxy) is 3. The van der Waals surface area contributed by atoms with E-state index in [1.807, 2.05) is 13.0 Å². The number of methoxy groups -OCH3 is 1. The number of aromatic carboxylic acids is 1. The summed E-state index contributed by atoms with van der Waals surface area (Å²) in [6.07, 6.45) is 2.63. The van der Waals surface area contributed by atoms with E-state index in [2.05, 4.69) is 10.5 Å². The summed E-state index contributed by atoms with van der Waals surface area (Å²) in [7, 11) is 3.31. The third kappa shape index (κ3) is 5.06. The lowest BCUT2D eigenvalue weighted by atomic mass is 10.0. The lowest BCUT2D eigenvalue weighted by molar-refractivity contribution is -0.129. The highest BCUT2D eigenvalue weighted by Crippen LogP contribution is 2.44. The minimum atomic E-state index is -0.990. The van der Waals surface area contributed by atoms with Crippen molar-refractivity contribution in [2.45, 2.75) is 19.8 Å². The predicted molar refractivity (Wildman–Crippen MR) is 115 cm³/mol. The van der Waals surface area contributed by atoms with Crippen molar-refractivity contribution in [3.63, 3.8) is 0 Å². The maximum atomic E-state index is 11.9. The molecule has 164 valence electrons. The van der Waals surface area contributed by atoms with Crippen molar-refractivity contribution >= 4 is 23.8 Å². The van der Waals surface area contributed by atoms with E-state index < -0.39 is 5.97 Å². The molecule has 2 N–H and O–H groups in total. The number of rotatable bonds is 9. The van der Waals surface area contributed by atoms with Crippen molar-refractivity contribution in [2.24, 2.45) is 5.10 Å². The molecule has 0 spiro atoms. The minimum Gasteiger partial charge on any atom is -0.492 e. The Morgan fingerprint density at radius 2 is 2.03 bits per heavy atom. The summed E-state index contributed by atoms with van der Waals surface area (Å²) < 4.78 is 16.7. The van der Waals surface area contributed by atoms with Crippen LogP contribution in [0.2, 0.25) is 0 Å². The van der Waals surface area contributed by atoms with Gasteiger partial charge in [0.2, 0.25) is 18.4 Å². The van der Waals surface area contributed by atoms with Gasteiger partial charge in [-0.25, -0.2) is 4.79 Å². The van der Waals surface area contributed by atoms with E-state index in [0.717, 1.165) is 5.56 Å². The number of fused-ring (bicyclic) bond motifs is 1. The summed E-state index contributed by atoms with van der Waals surface area (Å²) in [6, 6.07) is 8.12. The zero-order chi connectivity index (χ0) is 22.4. The van der Waals surface area contributed by atoms with Gasteiger partial charge >= 0.3 is 5.97 Å². The quantitative estimate of drug-likeness (QED) is 0.468. The van der Waals surface area contributed by atoms with Crippen LogP contribution >= 0.6 is 0 Å². The number of carbonyl (C=O) groups excluding carboxylic acids is 1. The number of hydrogen-bond acceptors (Lipinski definition) is 7. The molecule has 0 fully saturated rings. The number of benzene rings is 2. The molecule has 9 nitrogen and oxygen atoms in total. The van der Waals surface area contributed by atoms with Gasteiger partial charge < -0.3 is 24.2 Å². The highest BCUT2D eigenvalue weighted by Gasteiger charge is 2.25. The number of anilines is 1. The molecule has 2 aromatic rings. The Morgan fingerprint density at radius 3 is 2.68 bits per heavy atom. The molecule has 1 aliphatic rings. The van der Waals surface area contributed by atoms with Gasteiger partial charge in [-0.2, -0.15) is 5.10 Å². The lowest BCUT2D eigenvalue weighted by Gasteiger charge is -2.18. The average molecular weight is 427 g/mol. The van der Waals surface area contributed by atoms with Crippen molar-refractivity contribution in [1.29, 1.82) is 0 Å². The molecule has 0 radical (unpaired) electrons. The smallest absolute Gasteiger partial charge is 0.335 e. The molecule has 0 saturated heterocycles. The Labute approximate surface area is 180 Å². The third-order valence-corrected chi connectivity index (χ3v) is 4.91. The minimum absolute atomic E-state index is 0.0643. The molecular weight excluding hydrogens is 402 g/mol. The summed E-state index contributed by atoms with van der Waals surface area (Å²) in [6.45, 7) is 2.46. The Kier molecular flexibility index (Phi) is 6.96. The monoisotopic (exact) mass is 427 g/mol. The van der Waals surface area contributed by atoms with Crippen molar-refractivity contribution in [1.82, 2.24) is 4.90 Å². The summed E-state index contributed by atoms with van der Waals surface area (Å²) in [4.78, 5) is 24.6. The van der Waals surface area contributed by atoms with E-state index >= 15 is 0 Å². The second kappa shape index (κ2) is 9.84. The number of amides is 1. The number of hydrogen-bond donors (Lipinski definition) is 2. The fourth-order valence-electron chi connectivity index (χ4n) is 3.17. The first-order valence-corrected chi connectivity index (χ1v) is 9.80. The number of likely N-dealkylation sites (N-methyl/N-ethyl adjacent to an activating group) is 1. The molecule has 1 amide bonds. The highest BCUT2D eigenvalue weighted by molar-refractivity contribution is 5.90. The van der Waals surface area contributed by atoms with Gasteiger partial charge in [0.15, 0.2) is 11.5 Å². The first-order valence-electron chi connectivity index (χ1n) is 9.80. The van der Waals surface area contributed by atoms with Crippen molar-refractivity contribution in [3.05, 3.63) is 47.0 Å².